The van der Waals surface area contributed by atoms with Crippen molar-refractivity contribution >= 4 is 28.9 Å². The van der Waals surface area contributed by atoms with Gasteiger partial charge in [0.15, 0.2) is 6.29 Å². The van der Waals surface area contributed by atoms with E-state index < -0.39 is 0 Å². The summed E-state index contributed by atoms with van der Waals surface area (Å²) in [6, 6.07) is 5.81. The minimum absolute atomic E-state index is 0.796. The van der Waals surface area contributed by atoms with Crippen LogP contribution in [-0.4, -0.2) is 6.29 Å². The SMILES string of the molecule is CCc1cccc(C=O)c1I. The lowest BCUT2D eigenvalue weighted by molar-refractivity contribution is 0.112. The number of carbonyl (C=O) groups is 1. The van der Waals surface area contributed by atoms with E-state index >= 15 is 0 Å². The maximum atomic E-state index is 10.5. The zero-order valence-electron chi connectivity index (χ0n) is 6.30. The van der Waals surface area contributed by atoms with E-state index in [-0.39, 0.29) is 0 Å². The van der Waals surface area contributed by atoms with Crippen LogP contribution in [-0.2, 0) is 6.42 Å². The van der Waals surface area contributed by atoms with Crippen molar-refractivity contribution in [2.45, 2.75) is 13.3 Å². The van der Waals surface area contributed by atoms with E-state index in [4.69, 9.17) is 0 Å². The third kappa shape index (κ3) is 1.80. The molecule has 0 spiro atoms. The first-order chi connectivity index (χ1) is 5.29. The van der Waals surface area contributed by atoms with E-state index in [1.807, 2.05) is 12.1 Å². The molecule has 11 heavy (non-hydrogen) atoms. The van der Waals surface area contributed by atoms with E-state index in [0.717, 1.165) is 21.8 Å². The van der Waals surface area contributed by atoms with Crippen LogP contribution in [0.1, 0.15) is 22.8 Å². The maximum Gasteiger partial charge on any atom is 0.151 e. The summed E-state index contributed by atoms with van der Waals surface area (Å²) >= 11 is 2.21. The third-order valence-corrected chi connectivity index (χ3v) is 2.93. The molecule has 58 valence electrons. The molecule has 0 aliphatic heterocycles. The minimum Gasteiger partial charge on any atom is -0.298 e. The Bertz CT molecular complexity index is 268. The molecule has 0 N–H and O–H groups in total. The Morgan fingerprint density at radius 3 is 2.82 bits per heavy atom. The Labute approximate surface area is 79.9 Å². The smallest absolute Gasteiger partial charge is 0.151 e. The van der Waals surface area contributed by atoms with Gasteiger partial charge in [0, 0.05) is 9.13 Å². The highest BCUT2D eigenvalue weighted by Crippen LogP contribution is 2.15. The van der Waals surface area contributed by atoms with Crippen molar-refractivity contribution < 1.29 is 4.79 Å². The van der Waals surface area contributed by atoms with Gasteiger partial charge in [0.05, 0.1) is 0 Å². The van der Waals surface area contributed by atoms with Gasteiger partial charge in [0.25, 0.3) is 0 Å². The Morgan fingerprint density at radius 2 is 2.27 bits per heavy atom. The highest BCUT2D eigenvalue weighted by molar-refractivity contribution is 14.1. The molecular weight excluding hydrogens is 251 g/mol. The van der Waals surface area contributed by atoms with Gasteiger partial charge in [-0.1, -0.05) is 25.1 Å². The number of benzene rings is 1. The quantitative estimate of drug-likeness (QED) is 0.590. The lowest BCUT2D eigenvalue weighted by Crippen LogP contribution is -1.91. The fourth-order valence-electron chi connectivity index (χ4n) is 0.964. The summed E-state index contributed by atoms with van der Waals surface area (Å²) in [7, 11) is 0. The van der Waals surface area contributed by atoms with Gasteiger partial charge in [-0.2, -0.15) is 0 Å². The van der Waals surface area contributed by atoms with Gasteiger partial charge >= 0.3 is 0 Å². The molecule has 1 nitrogen and oxygen atoms in total. The number of hydrogen-bond acceptors (Lipinski definition) is 1. The van der Waals surface area contributed by atoms with Gasteiger partial charge in [-0.05, 0) is 34.6 Å². The van der Waals surface area contributed by atoms with E-state index in [2.05, 4.69) is 35.6 Å². The van der Waals surface area contributed by atoms with Crippen LogP contribution in [0.25, 0.3) is 0 Å². The fourth-order valence-corrected chi connectivity index (χ4v) is 1.83. The van der Waals surface area contributed by atoms with Crippen LogP contribution in [0.2, 0.25) is 0 Å². The summed E-state index contributed by atoms with van der Waals surface area (Å²) in [5.41, 5.74) is 2.04. The maximum absolute atomic E-state index is 10.5. The molecule has 0 fully saturated rings. The molecule has 2 heteroatoms. The number of carbonyl (C=O) groups excluding carboxylic acids is 1. The van der Waals surface area contributed by atoms with Crippen LogP contribution in [0, 0.1) is 3.57 Å². The van der Waals surface area contributed by atoms with E-state index in [1.165, 1.54) is 5.56 Å². The summed E-state index contributed by atoms with van der Waals surface area (Å²) in [4.78, 5) is 10.5. The highest BCUT2D eigenvalue weighted by Gasteiger charge is 2.01. The Morgan fingerprint density at radius 1 is 1.55 bits per heavy atom. The predicted molar refractivity (Wildman–Crippen MR) is 53.9 cm³/mol. The monoisotopic (exact) mass is 260 g/mol. The molecule has 0 atom stereocenters. The molecule has 0 bridgehead atoms. The fraction of sp³-hybridized carbons (Fsp3) is 0.222. The highest BCUT2D eigenvalue weighted by atomic mass is 127. The first-order valence-electron chi connectivity index (χ1n) is 3.52. The van der Waals surface area contributed by atoms with Crippen LogP contribution in [0.4, 0.5) is 0 Å². The number of aldehydes is 1. The normalized spacial score (nSPS) is 9.64. The van der Waals surface area contributed by atoms with Crippen LogP contribution in [0.3, 0.4) is 0 Å². The van der Waals surface area contributed by atoms with Gasteiger partial charge in [-0.15, -0.1) is 0 Å². The van der Waals surface area contributed by atoms with Crippen molar-refractivity contribution in [3.05, 3.63) is 32.9 Å². The number of halogens is 1. The van der Waals surface area contributed by atoms with Crippen molar-refractivity contribution in [3.8, 4) is 0 Å². The molecule has 0 unspecified atom stereocenters. The lowest BCUT2D eigenvalue weighted by Gasteiger charge is -2.01. The summed E-state index contributed by atoms with van der Waals surface area (Å²) in [5.74, 6) is 0. The molecule has 1 aromatic rings. The number of hydrogen-bond donors (Lipinski definition) is 0. The first-order valence-corrected chi connectivity index (χ1v) is 4.60. The Hall–Kier alpha value is -0.380. The Balaban J connectivity index is 3.20. The molecule has 1 aromatic carbocycles. The van der Waals surface area contributed by atoms with Crippen molar-refractivity contribution in [2.75, 3.05) is 0 Å². The summed E-state index contributed by atoms with van der Waals surface area (Å²) < 4.78 is 1.09. The summed E-state index contributed by atoms with van der Waals surface area (Å²) in [5, 5.41) is 0. The zero-order valence-corrected chi connectivity index (χ0v) is 8.46. The topological polar surface area (TPSA) is 17.1 Å². The molecule has 0 saturated heterocycles. The summed E-state index contributed by atoms with van der Waals surface area (Å²) in [6.45, 7) is 2.09. The van der Waals surface area contributed by atoms with E-state index in [1.54, 1.807) is 0 Å². The second kappa shape index (κ2) is 3.85. The third-order valence-electron chi connectivity index (χ3n) is 1.62. The zero-order chi connectivity index (χ0) is 8.27. The van der Waals surface area contributed by atoms with Gasteiger partial charge < -0.3 is 0 Å². The van der Waals surface area contributed by atoms with Gasteiger partial charge in [0.1, 0.15) is 0 Å². The first kappa shape index (κ1) is 8.71. The number of aryl methyl sites for hydroxylation is 1. The van der Waals surface area contributed by atoms with Gasteiger partial charge in [0.2, 0.25) is 0 Å². The van der Waals surface area contributed by atoms with E-state index in [9.17, 15) is 4.79 Å². The van der Waals surface area contributed by atoms with Crippen molar-refractivity contribution in [1.82, 2.24) is 0 Å². The van der Waals surface area contributed by atoms with Crippen LogP contribution in [0.15, 0.2) is 18.2 Å². The van der Waals surface area contributed by atoms with Crippen molar-refractivity contribution in [1.29, 1.82) is 0 Å². The van der Waals surface area contributed by atoms with Crippen LogP contribution in [0.5, 0.6) is 0 Å². The molecule has 0 aromatic heterocycles. The molecule has 0 aliphatic carbocycles. The molecular formula is C9H9IO. The molecule has 0 amide bonds. The molecule has 0 heterocycles. The standard InChI is InChI=1S/C9H9IO/c1-2-7-4-3-5-8(6-11)9(7)10/h3-6H,2H2,1H3. The Kier molecular flexibility index (Phi) is 3.05. The number of rotatable bonds is 2. The van der Waals surface area contributed by atoms with Gasteiger partial charge in [-0.3, -0.25) is 4.79 Å². The largest absolute Gasteiger partial charge is 0.298 e. The van der Waals surface area contributed by atoms with Crippen molar-refractivity contribution in [3.63, 3.8) is 0 Å². The average Bonchev–Trinajstić information content (AvgIpc) is 2.05. The molecule has 0 saturated carbocycles. The van der Waals surface area contributed by atoms with Crippen molar-refractivity contribution in [2.24, 2.45) is 0 Å². The second-order valence-corrected chi connectivity index (χ2v) is 3.37. The molecule has 1 rings (SSSR count). The molecule has 0 radical (unpaired) electrons. The predicted octanol–water partition coefficient (Wildman–Crippen LogP) is 2.67. The van der Waals surface area contributed by atoms with Gasteiger partial charge in [-0.25, -0.2) is 0 Å². The van der Waals surface area contributed by atoms with Crippen LogP contribution >= 0.6 is 22.6 Å². The second-order valence-electron chi connectivity index (χ2n) is 2.29. The average molecular weight is 260 g/mol. The molecule has 0 aliphatic rings. The van der Waals surface area contributed by atoms with E-state index in [0.29, 0.717) is 0 Å². The minimum atomic E-state index is 0.796. The lowest BCUT2D eigenvalue weighted by atomic mass is 10.1. The van der Waals surface area contributed by atoms with Crippen LogP contribution < -0.4 is 0 Å². The summed E-state index contributed by atoms with van der Waals surface area (Å²) in [6.07, 6.45) is 1.89.